The molecule has 1 aliphatic rings. The summed E-state index contributed by atoms with van der Waals surface area (Å²) in [7, 11) is 1.65. The fourth-order valence-electron chi connectivity index (χ4n) is 3.59. The first kappa shape index (κ1) is 15.0. The van der Waals surface area contributed by atoms with Crippen molar-refractivity contribution < 1.29 is 9.84 Å². The molecule has 1 saturated carbocycles. The van der Waals surface area contributed by atoms with Crippen molar-refractivity contribution in [3.8, 4) is 11.6 Å². The van der Waals surface area contributed by atoms with Crippen LogP contribution < -0.4 is 10.5 Å². The summed E-state index contributed by atoms with van der Waals surface area (Å²) in [6, 6.07) is 7.77. The number of anilines is 1. The number of nitrogen functional groups attached to an aromatic ring is 1. The Bertz CT molecular complexity index is 897. The van der Waals surface area contributed by atoms with Gasteiger partial charge in [-0.25, -0.2) is 4.98 Å². The second-order valence-corrected chi connectivity index (χ2v) is 6.31. The molecule has 0 amide bonds. The van der Waals surface area contributed by atoms with Crippen LogP contribution in [0.25, 0.3) is 16.7 Å². The fraction of sp³-hybridized carbons (Fsp3) is 0.333. The van der Waals surface area contributed by atoms with Crippen molar-refractivity contribution in [1.82, 2.24) is 14.5 Å². The predicted molar refractivity (Wildman–Crippen MR) is 92.2 cm³/mol. The second kappa shape index (κ2) is 5.49. The van der Waals surface area contributed by atoms with Crippen molar-refractivity contribution in [1.29, 1.82) is 0 Å². The van der Waals surface area contributed by atoms with Gasteiger partial charge in [0.25, 0.3) is 0 Å². The normalized spacial score (nSPS) is 16.6. The van der Waals surface area contributed by atoms with Crippen LogP contribution >= 0.6 is 0 Å². The van der Waals surface area contributed by atoms with Crippen molar-refractivity contribution >= 4 is 16.9 Å². The van der Waals surface area contributed by atoms with E-state index in [0.717, 1.165) is 47.9 Å². The van der Waals surface area contributed by atoms with Crippen molar-refractivity contribution in [2.75, 3.05) is 12.8 Å². The number of ether oxygens (including phenoxy) is 1. The molecule has 0 spiro atoms. The standard InChI is InChI=1S/C18H20N4O2/c1-24-15-11-12(18(23)6-2-3-7-18)10-14-13(15)5-9-22(14)16-4-8-20-17(19)21-16/h4-5,8-11,23H,2-3,6-7H2,1H3,(H2,19,20,21). The van der Waals surface area contributed by atoms with Crippen molar-refractivity contribution in [2.24, 2.45) is 0 Å². The first-order valence-electron chi connectivity index (χ1n) is 8.11. The molecule has 6 nitrogen and oxygen atoms in total. The summed E-state index contributed by atoms with van der Waals surface area (Å²) < 4.78 is 7.51. The van der Waals surface area contributed by atoms with E-state index in [0.29, 0.717) is 5.82 Å². The van der Waals surface area contributed by atoms with Gasteiger partial charge in [-0.15, -0.1) is 0 Å². The maximum Gasteiger partial charge on any atom is 0.221 e. The van der Waals surface area contributed by atoms with Gasteiger partial charge in [0.15, 0.2) is 0 Å². The van der Waals surface area contributed by atoms with Gasteiger partial charge < -0.3 is 20.1 Å². The number of nitrogens with two attached hydrogens (primary N) is 1. The molecule has 0 aliphatic heterocycles. The number of benzene rings is 1. The third kappa shape index (κ3) is 2.30. The van der Waals surface area contributed by atoms with Crippen LogP contribution in [0.5, 0.6) is 5.75 Å². The molecule has 1 fully saturated rings. The molecule has 0 bridgehead atoms. The molecule has 0 unspecified atom stereocenters. The van der Waals surface area contributed by atoms with E-state index in [4.69, 9.17) is 10.5 Å². The highest BCUT2D eigenvalue weighted by atomic mass is 16.5. The van der Waals surface area contributed by atoms with Gasteiger partial charge in [0.1, 0.15) is 11.6 Å². The van der Waals surface area contributed by atoms with E-state index in [9.17, 15) is 5.11 Å². The average Bonchev–Trinajstić information content (AvgIpc) is 3.21. The van der Waals surface area contributed by atoms with E-state index < -0.39 is 5.60 Å². The van der Waals surface area contributed by atoms with Crippen LogP contribution in [0.2, 0.25) is 0 Å². The number of hydrogen-bond acceptors (Lipinski definition) is 5. The SMILES string of the molecule is COc1cc(C2(O)CCCC2)cc2c1ccn2-c1ccnc(N)n1. The minimum atomic E-state index is -0.777. The molecule has 0 atom stereocenters. The van der Waals surface area contributed by atoms with Crippen LogP contribution in [0.4, 0.5) is 5.95 Å². The van der Waals surface area contributed by atoms with Crippen LogP contribution in [-0.4, -0.2) is 26.8 Å². The summed E-state index contributed by atoms with van der Waals surface area (Å²) in [5.74, 6) is 1.67. The van der Waals surface area contributed by atoms with Crippen molar-refractivity contribution in [3.05, 3.63) is 42.2 Å². The van der Waals surface area contributed by atoms with Gasteiger partial charge in [0.2, 0.25) is 5.95 Å². The minimum absolute atomic E-state index is 0.229. The number of hydrogen-bond donors (Lipinski definition) is 2. The van der Waals surface area contributed by atoms with E-state index in [1.807, 2.05) is 29.0 Å². The molecule has 2 aromatic heterocycles. The lowest BCUT2D eigenvalue weighted by Gasteiger charge is -2.24. The van der Waals surface area contributed by atoms with Crippen LogP contribution in [0.15, 0.2) is 36.7 Å². The highest BCUT2D eigenvalue weighted by molar-refractivity contribution is 5.88. The topological polar surface area (TPSA) is 86.2 Å². The van der Waals surface area contributed by atoms with Gasteiger partial charge in [-0.05, 0) is 42.7 Å². The molecule has 124 valence electrons. The largest absolute Gasteiger partial charge is 0.496 e. The number of rotatable bonds is 3. The number of methoxy groups -OCH3 is 1. The van der Waals surface area contributed by atoms with E-state index >= 15 is 0 Å². The molecule has 3 aromatic rings. The lowest BCUT2D eigenvalue weighted by atomic mass is 9.91. The van der Waals surface area contributed by atoms with Gasteiger partial charge >= 0.3 is 0 Å². The molecule has 1 aliphatic carbocycles. The maximum absolute atomic E-state index is 11.0. The second-order valence-electron chi connectivity index (χ2n) is 6.31. The van der Waals surface area contributed by atoms with Crippen molar-refractivity contribution in [2.45, 2.75) is 31.3 Å². The zero-order chi connectivity index (χ0) is 16.7. The van der Waals surface area contributed by atoms with E-state index in [1.165, 1.54) is 0 Å². The summed E-state index contributed by atoms with van der Waals surface area (Å²) in [6.45, 7) is 0. The summed E-state index contributed by atoms with van der Waals surface area (Å²) in [6.07, 6.45) is 7.21. The Morgan fingerprint density at radius 2 is 2.04 bits per heavy atom. The third-order valence-corrected chi connectivity index (χ3v) is 4.86. The number of fused-ring (bicyclic) bond motifs is 1. The summed E-state index contributed by atoms with van der Waals surface area (Å²) in [4.78, 5) is 8.24. The van der Waals surface area contributed by atoms with Crippen LogP contribution in [0, 0.1) is 0 Å². The average molecular weight is 324 g/mol. The Balaban J connectivity index is 1.94. The molecule has 6 heteroatoms. The molecular weight excluding hydrogens is 304 g/mol. The first-order valence-corrected chi connectivity index (χ1v) is 8.11. The van der Waals surface area contributed by atoms with Gasteiger partial charge in [-0.1, -0.05) is 12.8 Å². The summed E-state index contributed by atoms with van der Waals surface area (Å²) in [5.41, 5.74) is 6.77. The van der Waals surface area contributed by atoms with E-state index in [1.54, 1.807) is 19.4 Å². The molecule has 1 aromatic carbocycles. The van der Waals surface area contributed by atoms with Gasteiger partial charge in [0.05, 0.1) is 18.2 Å². The Kier molecular flexibility index (Phi) is 3.42. The highest BCUT2D eigenvalue weighted by Crippen LogP contribution is 2.42. The van der Waals surface area contributed by atoms with Crippen LogP contribution in [-0.2, 0) is 5.60 Å². The predicted octanol–water partition coefficient (Wildman–Crippen LogP) is 2.77. The molecular formula is C18H20N4O2. The third-order valence-electron chi connectivity index (χ3n) is 4.86. The van der Waals surface area contributed by atoms with Gasteiger partial charge in [-0.3, -0.25) is 0 Å². The molecule has 24 heavy (non-hydrogen) atoms. The highest BCUT2D eigenvalue weighted by Gasteiger charge is 2.34. The molecule has 2 heterocycles. The quantitative estimate of drug-likeness (QED) is 0.773. The zero-order valence-electron chi connectivity index (χ0n) is 13.6. The number of aromatic nitrogens is 3. The van der Waals surface area contributed by atoms with Crippen LogP contribution in [0.1, 0.15) is 31.2 Å². The summed E-state index contributed by atoms with van der Waals surface area (Å²) in [5, 5.41) is 11.9. The zero-order valence-corrected chi connectivity index (χ0v) is 13.6. The summed E-state index contributed by atoms with van der Waals surface area (Å²) >= 11 is 0. The number of nitrogens with zero attached hydrogens (tertiary/aromatic N) is 3. The van der Waals surface area contributed by atoms with Gasteiger partial charge in [0, 0.05) is 17.8 Å². The first-order chi connectivity index (χ1) is 11.6. The number of aliphatic hydroxyl groups is 1. The molecule has 0 saturated heterocycles. The van der Waals surface area contributed by atoms with E-state index in [-0.39, 0.29) is 5.95 Å². The molecule has 0 radical (unpaired) electrons. The smallest absolute Gasteiger partial charge is 0.221 e. The van der Waals surface area contributed by atoms with Gasteiger partial charge in [-0.2, -0.15) is 4.98 Å². The lowest BCUT2D eigenvalue weighted by Crippen LogP contribution is -2.21. The molecule has 4 rings (SSSR count). The van der Waals surface area contributed by atoms with E-state index in [2.05, 4.69) is 9.97 Å². The Morgan fingerprint density at radius 3 is 2.75 bits per heavy atom. The Morgan fingerprint density at radius 1 is 1.25 bits per heavy atom. The maximum atomic E-state index is 11.0. The van der Waals surface area contributed by atoms with Crippen LogP contribution in [0.3, 0.4) is 0 Å². The minimum Gasteiger partial charge on any atom is -0.496 e. The van der Waals surface area contributed by atoms with Crippen molar-refractivity contribution in [3.63, 3.8) is 0 Å². The Hall–Kier alpha value is -2.60. The monoisotopic (exact) mass is 324 g/mol. The lowest BCUT2D eigenvalue weighted by molar-refractivity contribution is 0.0444. The molecule has 3 N–H and O–H groups in total. The fourth-order valence-corrected chi connectivity index (χ4v) is 3.59. The Labute approximate surface area is 139 Å².